The maximum atomic E-state index is 13.2. The van der Waals surface area contributed by atoms with Gasteiger partial charge in [-0.05, 0) is 35.9 Å². The van der Waals surface area contributed by atoms with Crippen LogP contribution in [0.25, 0.3) is 21.3 Å². The second-order valence-electron chi connectivity index (χ2n) is 6.23. The van der Waals surface area contributed by atoms with Gasteiger partial charge >= 0.3 is 6.18 Å². The lowest BCUT2D eigenvalue weighted by Crippen LogP contribution is -2.13. The first-order valence-electron chi connectivity index (χ1n) is 8.71. The molecule has 147 valence electrons. The van der Waals surface area contributed by atoms with Gasteiger partial charge in [-0.2, -0.15) is 13.2 Å². The standard InChI is InChI=1S/C20H15F3N5S/c21-20(22,23)17-7-5-14(12-4-6-16-15(11-12)27-19(24)29-16)18(28-17)26-10-8-13-3-1-2-9-25-13/h1-7,9H,8,10H2,(H2,24,27)(H,26,28). The van der Waals surface area contributed by atoms with Gasteiger partial charge in [-0.15, -0.1) is 0 Å². The van der Waals surface area contributed by atoms with Crippen molar-refractivity contribution >= 4 is 32.5 Å². The highest BCUT2D eigenvalue weighted by Gasteiger charge is 2.33. The minimum Gasteiger partial charge on any atom is -0.375 e. The van der Waals surface area contributed by atoms with Crippen molar-refractivity contribution in [1.82, 2.24) is 15.0 Å². The SMILES string of the molecule is Nc1nc2[c]c(-c3ccc(C(F)(F)F)nc3NCCc3ccccn3)ccc2s1. The van der Waals surface area contributed by atoms with E-state index in [-0.39, 0.29) is 5.82 Å². The van der Waals surface area contributed by atoms with Gasteiger partial charge in [-0.1, -0.05) is 23.5 Å². The smallest absolute Gasteiger partial charge is 0.375 e. The van der Waals surface area contributed by atoms with Gasteiger partial charge in [0.1, 0.15) is 11.5 Å². The van der Waals surface area contributed by atoms with Crippen LogP contribution in [0.3, 0.4) is 0 Å². The lowest BCUT2D eigenvalue weighted by Gasteiger charge is -2.14. The molecule has 0 bridgehead atoms. The number of pyridine rings is 2. The van der Waals surface area contributed by atoms with E-state index in [1.54, 1.807) is 18.3 Å². The second-order valence-corrected chi connectivity index (χ2v) is 7.29. The molecule has 29 heavy (non-hydrogen) atoms. The zero-order valence-corrected chi connectivity index (χ0v) is 15.8. The third-order valence-electron chi connectivity index (χ3n) is 4.20. The van der Waals surface area contributed by atoms with Gasteiger partial charge in [-0.3, -0.25) is 4.98 Å². The summed E-state index contributed by atoms with van der Waals surface area (Å²) >= 11 is 1.33. The molecule has 3 N–H and O–H groups in total. The van der Waals surface area contributed by atoms with E-state index < -0.39 is 11.9 Å². The Balaban J connectivity index is 1.67. The normalized spacial score (nSPS) is 11.7. The van der Waals surface area contributed by atoms with E-state index in [9.17, 15) is 13.2 Å². The van der Waals surface area contributed by atoms with Crippen LogP contribution in [0.15, 0.2) is 48.7 Å². The lowest BCUT2D eigenvalue weighted by molar-refractivity contribution is -0.141. The molecule has 1 aromatic carbocycles. The molecule has 0 atom stereocenters. The van der Waals surface area contributed by atoms with Crippen LogP contribution in [-0.4, -0.2) is 21.5 Å². The quantitative estimate of drug-likeness (QED) is 0.490. The minimum atomic E-state index is -4.53. The fourth-order valence-corrected chi connectivity index (χ4v) is 3.55. The van der Waals surface area contributed by atoms with Crippen LogP contribution < -0.4 is 11.1 Å². The summed E-state index contributed by atoms with van der Waals surface area (Å²) in [5.74, 6) is 0.134. The van der Waals surface area contributed by atoms with Crippen molar-refractivity contribution in [3.63, 3.8) is 0 Å². The maximum absolute atomic E-state index is 13.2. The van der Waals surface area contributed by atoms with Crippen molar-refractivity contribution in [3.8, 4) is 11.1 Å². The fraction of sp³-hybridized carbons (Fsp3) is 0.150. The molecule has 1 radical (unpaired) electrons. The van der Waals surface area contributed by atoms with E-state index in [0.717, 1.165) is 16.5 Å². The number of hydrogen-bond acceptors (Lipinski definition) is 6. The van der Waals surface area contributed by atoms with Crippen molar-refractivity contribution in [3.05, 3.63) is 66.1 Å². The van der Waals surface area contributed by atoms with E-state index in [4.69, 9.17) is 5.73 Å². The van der Waals surface area contributed by atoms with Gasteiger partial charge in [0.15, 0.2) is 5.13 Å². The first kappa shape index (κ1) is 19.1. The Morgan fingerprint density at radius 2 is 1.93 bits per heavy atom. The molecule has 0 unspecified atom stereocenters. The average molecular weight is 414 g/mol. The highest BCUT2D eigenvalue weighted by molar-refractivity contribution is 7.22. The number of anilines is 2. The summed E-state index contributed by atoms with van der Waals surface area (Å²) in [7, 11) is 0. The second kappa shape index (κ2) is 7.67. The summed E-state index contributed by atoms with van der Waals surface area (Å²) in [6.07, 6.45) is -2.32. The molecule has 4 rings (SSSR count). The summed E-state index contributed by atoms with van der Waals surface area (Å²) in [6.45, 7) is 0.379. The highest BCUT2D eigenvalue weighted by atomic mass is 32.1. The average Bonchev–Trinajstić information content (AvgIpc) is 3.07. The lowest BCUT2D eigenvalue weighted by atomic mass is 10.1. The molecule has 3 heterocycles. The summed E-state index contributed by atoms with van der Waals surface area (Å²) in [6, 6.07) is 14.6. The molecule has 3 aromatic heterocycles. The molecule has 0 spiro atoms. The van der Waals surface area contributed by atoms with E-state index in [1.165, 1.54) is 17.4 Å². The number of nitrogen functional groups attached to an aromatic ring is 1. The largest absolute Gasteiger partial charge is 0.433 e. The number of hydrogen-bond donors (Lipinski definition) is 2. The number of rotatable bonds is 5. The number of benzene rings is 1. The minimum absolute atomic E-state index is 0.134. The van der Waals surface area contributed by atoms with Gasteiger partial charge in [0.2, 0.25) is 0 Å². The zero-order chi connectivity index (χ0) is 20.4. The Morgan fingerprint density at radius 1 is 1.07 bits per heavy atom. The molecule has 0 saturated heterocycles. The number of nitrogens with one attached hydrogen (secondary N) is 1. The van der Waals surface area contributed by atoms with Crippen LogP contribution in [0.1, 0.15) is 11.4 Å². The molecule has 0 saturated carbocycles. The van der Waals surface area contributed by atoms with Crippen molar-refractivity contribution in [1.29, 1.82) is 0 Å². The van der Waals surface area contributed by atoms with Crippen LogP contribution in [-0.2, 0) is 12.6 Å². The molecule has 0 aliphatic carbocycles. The van der Waals surface area contributed by atoms with Crippen LogP contribution in [0.4, 0.5) is 24.1 Å². The maximum Gasteiger partial charge on any atom is 0.433 e. The molecule has 0 aliphatic heterocycles. The third kappa shape index (κ3) is 4.29. The van der Waals surface area contributed by atoms with Crippen molar-refractivity contribution in [2.75, 3.05) is 17.6 Å². The molecular weight excluding hydrogens is 399 g/mol. The van der Waals surface area contributed by atoms with Gasteiger partial charge < -0.3 is 11.1 Å². The first-order chi connectivity index (χ1) is 13.9. The summed E-state index contributed by atoms with van der Waals surface area (Å²) in [5.41, 5.74) is 7.27. The number of fused-ring (bicyclic) bond motifs is 1. The van der Waals surface area contributed by atoms with Crippen LogP contribution in [0, 0.1) is 6.07 Å². The fourth-order valence-electron chi connectivity index (χ4n) is 2.86. The molecule has 0 aliphatic rings. The van der Waals surface area contributed by atoms with Gasteiger partial charge in [-0.25, -0.2) is 9.97 Å². The van der Waals surface area contributed by atoms with E-state index in [1.807, 2.05) is 18.2 Å². The number of thiazole rings is 1. The van der Waals surface area contributed by atoms with Crippen molar-refractivity contribution in [2.45, 2.75) is 12.6 Å². The van der Waals surface area contributed by atoms with Crippen LogP contribution >= 0.6 is 11.3 Å². The van der Waals surface area contributed by atoms with E-state index in [2.05, 4.69) is 26.3 Å². The van der Waals surface area contributed by atoms with Crippen LogP contribution in [0.2, 0.25) is 0 Å². The topological polar surface area (TPSA) is 76.7 Å². The van der Waals surface area contributed by atoms with Gasteiger partial charge in [0.05, 0.1) is 10.2 Å². The molecular formula is C20H15F3N5S. The molecule has 9 heteroatoms. The van der Waals surface area contributed by atoms with Gasteiger partial charge in [0.25, 0.3) is 0 Å². The van der Waals surface area contributed by atoms with Gasteiger partial charge in [0, 0.05) is 36.5 Å². The summed E-state index contributed by atoms with van der Waals surface area (Å²) in [4.78, 5) is 12.2. The first-order valence-corrected chi connectivity index (χ1v) is 9.52. The molecule has 0 fully saturated rings. The number of aromatic nitrogens is 3. The van der Waals surface area contributed by atoms with E-state index >= 15 is 0 Å². The predicted molar refractivity (Wildman–Crippen MR) is 108 cm³/mol. The number of alkyl halides is 3. The van der Waals surface area contributed by atoms with Crippen molar-refractivity contribution < 1.29 is 13.2 Å². The summed E-state index contributed by atoms with van der Waals surface area (Å²) < 4.78 is 40.4. The predicted octanol–water partition coefficient (Wildman–Crippen LogP) is 4.81. The Hall–Kier alpha value is -3.20. The van der Waals surface area contributed by atoms with Crippen molar-refractivity contribution in [2.24, 2.45) is 0 Å². The monoisotopic (exact) mass is 414 g/mol. The highest BCUT2D eigenvalue weighted by Crippen LogP contribution is 2.35. The number of nitrogens with two attached hydrogens (primary N) is 1. The van der Waals surface area contributed by atoms with E-state index in [0.29, 0.717) is 34.7 Å². The Morgan fingerprint density at radius 3 is 2.69 bits per heavy atom. The number of halogens is 3. The number of nitrogens with zero attached hydrogens (tertiary/aromatic N) is 3. The zero-order valence-electron chi connectivity index (χ0n) is 15.0. The Labute approximate surface area is 168 Å². The molecule has 4 aromatic rings. The molecule has 0 amide bonds. The Bertz CT molecular complexity index is 1140. The van der Waals surface area contributed by atoms with Crippen LogP contribution in [0.5, 0.6) is 0 Å². The summed E-state index contributed by atoms with van der Waals surface area (Å²) in [5, 5.41) is 3.42. The third-order valence-corrected chi connectivity index (χ3v) is 5.05. The Kier molecular flexibility index (Phi) is 5.06. The molecule has 5 nitrogen and oxygen atoms in total.